The number of hydrogen-bond acceptors (Lipinski definition) is 3. The molecule has 0 rings (SSSR count). The van der Waals surface area contributed by atoms with E-state index >= 15 is 0 Å². The van der Waals surface area contributed by atoms with E-state index in [0.29, 0.717) is 26.1 Å². The second kappa shape index (κ2) is 10.4. The Labute approximate surface area is 96.9 Å². The Bertz CT molecular complexity index is 207. The largest absolute Gasteiger partial charge is 0.383 e. The fourth-order valence-electron chi connectivity index (χ4n) is 1.23. The predicted octanol–water partition coefficient (Wildman–Crippen LogP) is 0.445. The highest BCUT2D eigenvalue weighted by Crippen LogP contribution is 1.98. The van der Waals surface area contributed by atoms with Crippen LogP contribution in [0.1, 0.15) is 32.6 Å². The number of methoxy groups -OCH3 is 1. The lowest BCUT2D eigenvalue weighted by Crippen LogP contribution is -2.26. The van der Waals surface area contributed by atoms with Gasteiger partial charge in [0.15, 0.2) is 0 Å². The van der Waals surface area contributed by atoms with Crippen LogP contribution in [0.5, 0.6) is 0 Å². The van der Waals surface area contributed by atoms with Crippen LogP contribution in [0.3, 0.4) is 0 Å². The van der Waals surface area contributed by atoms with E-state index in [-0.39, 0.29) is 11.8 Å². The first-order valence-electron chi connectivity index (χ1n) is 5.67. The Morgan fingerprint density at radius 3 is 2.44 bits per heavy atom. The third-order valence-electron chi connectivity index (χ3n) is 2.08. The summed E-state index contributed by atoms with van der Waals surface area (Å²) in [6.45, 7) is 3.32. The van der Waals surface area contributed by atoms with Gasteiger partial charge in [0.1, 0.15) is 0 Å². The fraction of sp³-hybridized carbons (Fsp3) is 0.818. The summed E-state index contributed by atoms with van der Waals surface area (Å²) in [4.78, 5) is 21.8. The summed E-state index contributed by atoms with van der Waals surface area (Å²) in [5.74, 6) is 0.0638. The van der Waals surface area contributed by atoms with Crippen LogP contribution in [0.15, 0.2) is 0 Å². The lowest BCUT2D eigenvalue weighted by atomic mass is 10.2. The molecule has 0 saturated heterocycles. The van der Waals surface area contributed by atoms with E-state index in [1.54, 1.807) is 7.11 Å². The third kappa shape index (κ3) is 11.0. The van der Waals surface area contributed by atoms with E-state index in [2.05, 4.69) is 10.6 Å². The van der Waals surface area contributed by atoms with Gasteiger partial charge in [0.05, 0.1) is 6.61 Å². The van der Waals surface area contributed by atoms with Crippen LogP contribution in [-0.4, -0.2) is 38.6 Å². The number of hydrogen-bond donors (Lipinski definition) is 2. The molecule has 0 aliphatic heterocycles. The van der Waals surface area contributed by atoms with E-state index < -0.39 is 0 Å². The van der Waals surface area contributed by atoms with Crippen molar-refractivity contribution in [2.75, 3.05) is 26.8 Å². The monoisotopic (exact) mass is 230 g/mol. The highest BCUT2D eigenvalue weighted by Gasteiger charge is 1.99. The molecule has 0 aliphatic rings. The van der Waals surface area contributed by atoms with Gasteiger partial charge in [-0.1, -0.05) is 6.42 Å². The molecule has 2 N–H and O–H groups in total. The van der Waals surface area contributed by atoms with Gasteiger partial charge in [0.2, 0.25) is 11.8 Å². The van der Waals surface area contributed by atoms with Gasteiger partial charge in [-0.15, -0.1) is 0 Å². The van der Waals surface area contributed by atoms with Crippen molar-refractivity contribution in [1.82, 2.24) is 10.6 Å². The van der Waals surface area contributed by atoms with Gasteiger partial charge >= 0.3 is 0 Å². The summed E-state index contributed by atoms with van der Waals surface area (Å²) in [6, 6.07) is 0. The molecule has 0 atom stereocenters. The summed E-state index contributed by atoms with van der Waals surface area (Å²) in [7, 11) is 1.61. The van der Waals surface area contributed by atoms with E-state index in [9.17, 15) is 9.59 Å². The normalized spacial score (nSPS) is 9.88. The van der Waals surface area contributed by atoms with Gasteiger partial charge in [0.25, 0.3) is 0 Å². The van der Waals surface area contributed by atoms with Gasteiger partial charge in [-0.2, -0.15) is 0 Å². The van der Waals surface area contributed by atoms with E-state index in [4.69, 9.17) is 4.74 Å². The number of nitrogens with one attached hydrogen (secondary N) is 2. The zero-order valence-corrected chi connectivity index (χ0v) is 10.2. The molecule has 0 aromatic carbocycles. The zero-order valence-electron chi connectivity index (χ0n) is 10.2. The SMILES string of the molecule is COCCNC(=O)CCCCCNC(C)=O. The van der Waals surface area contributed by atoms with Crippen LogP contribution in [0.25, 0.3) is 0 Å². The third-order valence-corrected chi connectivity index (χ3v) is 2.08. The second-order valence-corrected chi connectivity index (χ2v) is 3.64. The van der Waals surface area contributed by atoms with Gasteiger partial charge in [0, 0.05) is 33.5 Å². The van der Waals surface area contributed by atoms with E-state index in [1.807, 2.05) is 0 Å². The number of carbonyl (C=O) groups excluding carboxylic acids is 2. The van der Waals surface area contributed by atoms with Crippen molar-refractivity contribution in [1.29, 1.82) is 0 Å². The molecule has 0 spiro atoms. The van der Waals surface area contributed by atoms with Crippen molar-refractivity contribution in [3.8, 4) is 0 Å². The number of amides is 2. The molecule has 0 saturated carbocycles. The Balaban J connectivity index is 3.18. The standard InChI is InChI=1S/C11H22N2O3/c1-10(14)12-7-5-3-4-6-11(15)13-8-9-16-2/h3-9H2,1-2H3,(H,12,14)(H,13,15). The molecule has 2 amide bonds. The average Bonchev–Trinajstić information content (AvgIpc) is 2.23. The molecule has 0 unspecified atom stereocenters. The van der Waals surface area contributed by atoms with Crippen LogP contribution in [0.4, 0.5) is 0 Å². The molecule has 0 aliphatic carbocycles. The number of rotatable bonds is 9. The Hall–Kier alpha value is -1.10. The van der Waals surface area contributed by atoms with Gasteiger partial charge in [-0.3, -0.25) is 9.59 Å². The van der Waals surface area contributed by atoms with Crippen molar-refractivity contribution < 1.29 is 14.3 Å². The molecule has 0 radical (unpaired) electrons. The van der Waals surface area contributed by atoms with Crippen molar-refractivity contribution in [3.05, 3.63) is 0 Å². The Kier molecular flexibility index (Phi) is 9.70. The van der Waals surface area contributed by atoms with E-state index in [1.165, 1.54) is 6.92 Å². The van der Waals surface area contributed by atoms with Crippen molar-refractivity contribution in [2.45, 2.75) is 32.6 Å². The molecule has 94 valence electrons. The topological polar surface area (TPSA) is 67.4 Å². The lowest BCUT2D eigenvalue weighted by molar-refractivity contribution is -0.121. The van der Waals surface area contributed by atoms with Crippen LogP contribution in [-0.2, 0) is 14.3 Å². The molecule has 0 heterocycles. The smallest absolute Gasteiger partial charge is 0.220 e. The molecular weight excluding hydrogens is 208 g/mol. The number of ether oxygens (including phenoxy) is 1. The summed E-state index contributed by atoms with van der Waals surface area (Å²) in [6.07, 6.45) is 3.28. The molecular formula is C11H22N2O3. The zero-order chi connectivity index (χ0) is 12.2. The highest BCUT2D eigenvalue weighted by atomic mass is 16.5. The van der Waals surface area contributed by atoms with Gasteiger partial charge in [-0.25, -0.2) is 0 Å². The van der Waals surface area contributed by atoms with E-state index in [0.717, 1.165) is 19.3 Å². The minimum absolute atomic E-state index is 0.00249. The number of carbonyl (C=O) groups is 2. The van der Waals surface area contributed by atoms with Crippen molar-refractivity contribution in [3.63, 3.8) is 0 Å². The quantitative estimate of drug-likeness (QED) is 0.565. The Morgan fingerprint density at radius 1 is 1.06 bits per heavy atom. The first-order valence-corrected chi connectivity index (χ1v) is 5.67. The first kappa shape index (κ1) is 14.9. The molecule has 0 aromatic rings. The summed E-state index contributed by atoms with van der Waals surface area (Å²) >= 11 is 0. The lowest BCUT2D eigenvalue weighted by Gasteiger charge is -2.04. The van der Waals surface area contributed by atoms with Crippen LogP contribution < -0.4 is 10.6 Å². The molecule has 16 heavy (non-hydrogen) atoms. The maximum atomic E-state index is 11.2. The maximum absolute atomic E-state index is 11.2. The molecule has 5 heteroatoms. The highest BCUT2D eigenvalue weighted by molar-refractivity contribution is 5.75. The first-order chi connectivity index (χ1) is 7.66. The minimum Gasteiger partial charge on any atom is -0.383 e. The minimum atomic E-state index is -0.00249. The predicted molar refractivity (Wildman–Crippen MR) is 62.0 cm³/mol. The van der Waals surface area contributed by atoms with Crippen LogP contribution >= 0.6 is 0 Å². The summed E-state index contributed by atoms with van der Waals surface area (Å²) in [5, 5.41) is 5.48. The Morgan fingerprint density at radius 2 is 1.81 bits per heavy atom. The van der Waals surface area contributed by atoms with Crippen LogP contribution in [0.2, 0.25) is 0 Å². The van der Waals surface area contributed by atoms with Crippen molar-refractivity contribution in [2.24, 2.45) is 0 Å². The second-order valence-electron chi connectivity index (χ2n) is 3.64. The van der Waals surface area contributed by atoms with Crippen molar-refractivity contribution >= 4 is 11.8 Å². The van der Waals surface area contributed by atoms with Crippen LogP contribution in [0, 0.1) is 0 Å². The average molecular weight is 230 g/mol. The maximum Gasteiger partial charge on any atom is 0.220 e. The molecule has 0 fully saturated rings. The summed E-state index contributed by atoms with van der Waals surface area (Å²) < 4.78 is 4.82. The number of unbranched alkanes of at least 4 members (excludes halogenated alkanes) is 2. The fourth-order valence-corrected chi connectivity index (χ4v) is 1.23. The van der Waals surface area contributed by atoms with Gasteiger partial charge in [-0.05, 0) is 12.8 Å². The van der Waals surface area contributed by atoms with Gasteiger partial charge < -0.3 is 15.4 Å². The summed E-state index contributed by atoms with van der Waals surface area (Å²) in [5.41, 5.74) is 0. The molecule has 0 aromatic heterocycles. The molecule has 0 bridgehead atoms. The molecule has 5 nitrogen and oxygen atoms in total.